The van der Waals surface area contributed by atoms with Gasteiger partial charge in [-0.25, -0.2) is 0 Å². The fourth-order valence-corrected chi connectivity index (χ4v) is 1.36. The van der Waals surface area contributed by atoms with Gasteiger partial charge in [0.2, 0.25) is 0 Å². The molecule has 1 saturated heterocycles. The van der Waals surface area contributed by atoms with Crippen molar-refractivity contribution in [1.82, 2.24) is 10.2 Å². The molecule has 1 aliphatic rings. The van der Waals surface area contributed by atoms with Gasteiger partial charge in [-0.15, -0.1) is 0 Å². The van der Waals surface area contributed by atoms with Crippen LogP contribution < -0.4 is 5.32 Å². The molecule has 0 bridgehead atoms. The molecule has 1 rings (SSSR count). The third kappa shape index (κ3) is 1.68. The summed E-state index contributed by atoms with van der Waals surface area (Å²) in [7, 11) is 4.00. The SMILES string of the molecule is CN(C)[C@@H]1CNCC[C@H]1O. The standard InChI is InChI=1S/C7H16N2O/c1-9(2)6-5-8-4-3-7(6)10/h6-8,10H,3-5H2,1-2H3/t6-,7-/m1/s1. The van der Waals surface area contributed by atoms with Gasteiger partial charge in [0.25, 0.3) is 0 Å². The van der Waals surface area contributed by atoms with Crippen molar-refractivity contribution in [3.63, 3.8) is 0 Å². The maximum absolute atomic E-state index is 9.46. The van der Waals surface area contributed by atoms with Crippen molar-refractivity contribution in [2.45, 2.75) is 18.6 Å². The van der Waals surface area contributed by atoms with Gasteiger partial charge in [0.05, 0.1) is 6.10 Å². The van der Waals surface area contributed by atoms with Crippen molar-refractivity contribution < 1.29 is 5.11 Å². The number of hydrogen-bond donors (Lipinski definition) is 2. The highest BCUT2D eigenvalue weighted by Crippen LogP contribution is 2.07. The number of nitrogens with zero attached hydrogens (tertiary/aromatic N) is 1. The van der Waals surface area contributed by atoms with Crippen LogP contribution in [-0.4, -0.2) is 49.3 Å². The number of likely N-dealkylation sites (N-methyl/N-ethyl adjacent to an activating group) is 1. The molecule has 0 aliphatic carbocycles. The Kier molecular flexibility index (Phi) is 2.65. The molecule has 0 unspecified atom stereocenters. The van der Waals surface area contributed by atoms with Gasteiger partial charge in [0.1, 0.15) is 0 Å². The Morgan fingerprint density at radius 1 is 1.50 bits per heavy atom. The van der Waals surface area contributed by atoms with E-state index in [0.717, 1.165) is 19.5 Å². The zero-order valence-corrected chi connectivity index (χ0v) is 6.67. The summed E-state index contributed by atoms with van der Waals surface area (Å²) in [6.45, 7) is 1.86. The average Bonchev–Trinajstić information content (AvgIpc) is 1.88. The Hall–Kier alpha value is -0.120. The van der Waals surface area contributed by atoms with Crippen LogP contribution >= 0.6 is 0 Å². The Labute approximate surface area is 62.0 Å². The van der Waals surface area contributed by atoms with Crippen LogP contribution in [0.4, 0.5) is 0 Å². The van der Waals surface area contributed by atoms with Crippen molar-refractivity contribution in [3.8, 4) is 0 Å². The van der Waals surface area contributed by atoms with Crippen molar-refractivity contribution in [1.29, 1.82) is 0 Å². The van der Waals surface area contributed by atoms with Gasteiger partial charge >= 0.3 is 0 Å². The Morgan fingerprint density at radius 2 is 2.20 bits per heavy atom. The average molecular weight is 144 g/mol. The van der Waals surface area contributed by atoms with E-state index in [2.05, 4.69) is 10.2 Å². The molecule has 0 radical (unpaired) electrons. The van der Waals surface area contributed by atoms with E-state index in [1.807, 2.05) is 14.1 Å². The second kappa shape index (κ2) is 3.32. The Balaban J connectivity index is 2.40. The van der Waals surface area contributed by atoms with Gasteiger partial charge in [-0.2, -0.15) is 0 Å². The first-order valence-electron chi connectivity index (χ1n) is 3.77. The second-order valence-corrected chi connectivity index (χ2v) is 3.09. The van der Waals surface area contributed by atoms with E-state index in [4.69, 9.17) is 0 Å². The van der Waals surface area contributed by atoms with Crippen LogP contribution in [0.5, 0.6) is 0 Å². The lowest BCUT2D eigenvalue weighted by molar-refractivity contribution is 0.0523. The van der Waals surface area contributed by atoms with Crippen molar-refractivity contribution in [2.24, 2.45) is 0 Å². The van der Waals surface area contributed by atoms with Crippen LogP contribution in [0.2, 0.25) is 0 Å². The van der Waals surface area contributed by atoms with E-state index < -0.39 is 0 Å². The molecule has 3 heteroatoms. The third-order valence-corrected chi connectivity index (χ3v) is 2.08. The number of nitrogens with one attached hydrogen (secondary N) is 1. The van der Waals surface area contributed by atoms with Crippen LogP contribution in [-0.2, 0) is 0 Å². The molecule has 2 N–H and O–H groups in total. The zero-order valence-electron chi connectivity index (χ0n) is 6.67. The quantitative estimate of drug-likeness (QED) is 0.509. The fraction of sp³-hybridized carbons (Fsp3) is 1.00. The van der Waals surface area contributed by atoms with Gasteiger partial charge in [0, 0.05) is 12.6 Å². The second-order valence-electron chi connectivity index (χ2n) is 3.09. The molecular weight excluding hydrogens is 128 g/mol. The summed E-state index contributed by atoms with van der Waals surface area (Å²) < 4.78 is 0. The Morgan fingerprint density at radius 3 is 2.60 bits per heavy atom. The predicted molar refractivity (Wildman–Crippen MR) is 41.0 cm³/mol. The first-order valence-corrected chi connectivity index (χ1v) is 3.77. The number of piperidine rings is 1. The lowest BCUT2D eigenvalue weighted by atomic mass is 10.0. The van der Waals surface area contributed by atoms with Crippen LogP contribution in [0.3, 0.4) is 0 Å². The molecule has 2 atom stereocenters. The highest BCUT2D eigenvalue weighted by Gasteiger charge is 2.23. The topological polar surface area (TPSA) is 35.5 Å². The molecule has 0 aromatic heterocycles. The number of rotatable bonds is 1. The molecule has 0 saturated carbocycles. The normalized spacial score (nSPS) is 34.8. The van der Waals surface area contributed by atoms with Crippen LogP contribution in [0.15, 0.2) is 0 Å². The van der Waals surface area contributed by atoms with Crippen molar-refractivity contribution in [2.75, 3.05) is 27.2 Å². The fourth-order valence-electron chi connectivity index (χ4n) is 1.36. The van der Waals surface area contributed by atoms with E-state index in [1.54, 1.807) is 0 Å². The predicted octanol–water partition coefficient (Wildman–Crippen LogP) is -0.729. The molecule has 0 amide bonds. The first-order chi connectivity index (χ1) is 4.72. The minimum absolute atomic E-state index is 0.142. The van der Waals surface area contributed by atoms with Gasteiger partial charge < -0.3 is 15.3 Å². The number of aliphatic hydroxyl groups excluding tert-OH is 1. The van der Waals surface area contributed by atoms with Gasteiger partial charge in [0.15, 0.2) is 0 Å². The van der Waals surface area contributed by atoms with Gasteiger partial charge in [-0.05, 0) is 27.1 Å². The van der Waals surface area contributed by atoms with E-state index >= 15 is 0 Å². The maximum atomic E-state index is 9.46. The van der Waals surface area contributed by atoms with E-state index in [9.17, 15) is 5.11 Å². The third-order valence-electron chi connectivity index (χ3n) is 2.08. The van der Waals surface area contributed by atoms with Crippen LogP contribution in [0, 0.1) is 0 Å². The molecule has 3 nitrogen and oxygen atoms in total. The van der Waals surface area contributed by atoms with E-state index in [1.165, 1.54) is 0 Å². The van der Waals surface area contributed by atoms with Gasteiger partial charge in [-0.1, -0.05) is 0 Å². The van der Waals surface area contributed by atoms with Crippen molar-refractivity contribution in [3.05, 3.63) is 0 Å². The van der Waals surface area contributed by atoms with E-state index in [-0.39, 0.29) is 6.10 Å². The lowest BCUT2D eigenvalue weighted by Gasteiger charge is -2.33. The van der Waals surface area contributed by atoms with Crippen LogP contribution in [0.25, 0.3) is 0 Å². The summed E-state index contributed by atoms with van der Waals surface area (Å²) in [5, 5.41) is 12.7. The minimum Gasteiger partial charge on any atom is -0.391 e. The Bertz CT molecular complexity index is 106. The molecule has 1 heterocycles. The minimum atomic E-state index is -0.142. The molecule has 0 aromatic carbocycles. The lowest BCUT2D eigenvalue weighted by Crippen LogP contribution is -2.51. The molecule has 1 aliphatic heterocycles. The molecule has 1 fully saturated rings. The molecule has 0 aromatic rings. The van der Waals surface area contributed by atoms with Crippen LogP contribution in [0.1, 0.15) is 6.42 Å². The first kappa shape index (κ1) is 7.98. The zero-order chi connectivity index (χ0) is 7.56. The summed E-state index contributed by atoms with van der Waals surface area (Å²) in [5.74, 6) is 0. The number of hydrogen-bond acceptors (Lipinski definition) is 3. The molecule has 10 heavy (non-hydrogen) atoms. The summed E-state index contributed by atoms with van der Waals surface area (Å²) in [6.07, 6.45) is 0.735. The smallest absolute Gasteiger partial charge is 0.0719 e. The summed E-state index contributed by atoms with van der Waals surface area (Å²) in [5.41, 5.74) is 0. The monoisotopic (exact) mass is 144 g/mol. The van der Waals surface area contributed by atoms with E-state index in [0.29, 0.717) is 6.04 Å². The highest BCUT2D eigenvalue weighted by atomic mass is 16.3. The van der Waals surface area contributed by atoms with Gasteiger partial charge in [-0.3, -0.25) is 0 Å². The highest BCUT2D eigenvalue weighted by molar-refractivity contribution is 4.82. The maximum Gasteiger partial charge on any atom is 0.0719 e. The number of aliphatic hydroxyl groups is 1. The summed E-state index contributed by atoms with van der Waals surface area (Å²) >= 11 is 0. The molecular formula is C7H16N2O. The summed E-state index contributed by atoms with van der Waals surface area (Å²) in [4.78, 5) is 2.07. The van der Waals surface area contributed by atoms with Crippen molar-refractivity contribution >= 4 is 0 Å². The molecule has 0 spiro atoms. The molecule has 60 valence electrons. The summed E-state index contributed by atoms with van der Waals surface area (Å²) in [6, 6.07) is 0.300. The largest absolute Gasteiger partial charge is 0.391 e.